The van der Waals surface area contributed by atoms with Crippen LogP contribution >= 0.6 is 0 Å². The van der Waals surface area contributed by atoms with E-state index in [9.17, 15) is 8.42 Å². The number of hydrogen-bond donors (Lipinski definition) is 2. The first-order valence-electron chi connectivity index (χ1n) is 4.74. The van der Waals surface area contributed by atoms with Crippen LogP contribution in [0.3, 0.4) is 0 Å². The standard InChI is InChI=1S/C8H20N2O2S/c1-3-7-13(11,12)10-6-5-8(9)4-2/h8,10H,3-7,9H2,1-2H3. The zero-order valence-corrected chi connectivity index (χ0v) is 9.23. The molecule has 1 unspecified atom stereocenters. The first-order chi connectivity index (χ1) is 6.02. The van der Waals surface area contributed by atoms with Gasteiger partial charge in [-0.3, -0.25) is 0 Å². The summed E-state index contributed by atoms with van der Waals surface area (Å²) < 4.78 is 24.8. The van der Waals surface area contributed by atoms with Gasteiger partial charge in [-0.05, 0) is 19.3 Å². The molecule has 5 heteroatoms. The normalized spacial score (nSPS) is 14.4. The molecule has 0 spiro atoms. The van der Waals surface area contributed by atoms with Gasteiger partial charge < -0.3 is 5.73 Å². The van der Waals surface area contributed by atoms with Gasteiger partial charge >= 0.3 is 0 Å². The van der Waals surface area contributed by atoms with Crippen LogP contribution in [0, 0.1) is 0 Å². The Hall–Kier alpha value is -0.130. The minimum atomic E-state index is -3.04. The topological polar surface area (TPSA) is 72.2 Å². The first-order valence-corrected chi connectivity index (χ1v) is 6.40. The second-order valence-corrected chi connectivity index (χ2v) is 5.10. The van der Waals surface area contributed by atoms with Crippen molar-refractivity contribution in [2.75, 3.05) is 12.3 Å². The SMILES string of the molecule is CCCS(=O)(=O)NCCC(N)CC. The maximum absolute atomic E-state index is 11.1. The van der Waals surface area contributed by atoms with Gasteiger partial charge in [-0.1, -0.05) is 13.8 Å². The van der Waals surface area contributed by atoms with Crippen LogP contribution in [0.4, 0.5) is 0 Å². The highest BCUT2D eigenvalue weighted by Crippen LogP contribution is 1.93. The third-order valence-corrected chi connectivity index (χ3v) is 3.42. The van der Waals surface area contributed by atoms with Crippen LogP contribution in [-0.2, 0) is 10.0 Å². The summed E-state index contributed by atoms with van der Waals surface area (Å²) in [6.45, 7) is 4.29. The number of nitrogens with one attached hydrogen (secondary N) is 1. The molecule has 80 valence electrons. The number of sulfonamides is 1. The lowest BCUT2D eigenvalue weighted by Gasteiger charge is -2.09. The summed E-state index contributed by atoms with van der Waals surface area (Å²) in [5.41, 5.74) is 5.64. The summed E-state index contributed by atoms with van der Waals surface area (Å²) in [5.74, 6) is 0.203. The molecule has 0 radical (unpaired) electrons. The van der Waals surface area contributed by atoms with Crippen molar-refractivity contribution >= 4 is 10.0 Å². The summed E-state index contributed by atoms with van der Waals surface area (Å²) in [7, 11) is -3.04. The average molecular weight is 208 g/mol. The summed E-state index contributed by atoms with van der Waals surface area (Å²) in [5, 5.41) is 0. The second kappa shape index (κ2) is 6.34. The number of nitrogens with two attached hydrogens (primary N) is 1. The molecule has 1 atom stereocenters. The van der Waals surface area contributed by atoms with Gasteiger partial charge in [0.15, 0.2) is 0 Å². The van der Waals surface area contributed by atoms with E-state index < -0.39 is 10.0 Å². The second-order valence-electron chi connectivity index (χ2n) is 3.17. The fraction of sp³-hybridized carbons (Fsp3) is 1.00. The highest BCUT2D eigenvalue weighted by molar-refractivity contribution is 7.89. The van der Waals surface area contributed by atoms with Crippen molar-refractivity contribution in [3.8, 4) is 0 Å². The van der Waals surface area contributed by atoms with Crippen LogP contribution < -0.4 is 10.5 Å². The molecule has 0 heterocycles. The molecule has 0 aromatic heterocycles. The summed E-state index contributed by atoms with van der Waals surface area (Å²) in [4.78, 5) is 0. The van der Waals surface area contributed by atoms with Crippen molar-refractivity contribution < 1.29 is 8.42 Å². The average Bonchev–Trinajstić information content (AvgIpc) is 2.03. The molecule has 13 heavy (non-hydrogen) atoms. The van der Waals surface area contributed by atoms with Crippen molar-refractivity contribution in [2.24, 2.45) is 5.73 Å². The van der Waals surface area contributed by atoms with Crippen LogP contribution in [0.1, 0.15) is 33.1 Å². The minimum absolute atomic E-state index is 0.101. The molecular formula is C8H20N2O2S. The third-order valence-electron chi connectivity index (χ3n) is 1.83. The zero-order chi connectivity index (χ0) is 10.3. The minimum Gasteiger partial charge on any atom is -0.328 e. The van der Waals surface area contributed by atoms with Crippen molar-refractivity contribution in [3.05, 3.63) is 0 Å². The van der Waals surface area contributed by atoms with E-state index >= 15 is 0 Å². The molecule has 0 aliphatic rings. The molecule has 0 saturated heterocycles. The Labute approximate surface area is 80.9 Å². The predicted octanol–water partition coefficient (Wildman–Crippen LogP) is 0.443. The Morgan fingerprint density at radius 2 is 2.00 bits per heavy atom. The van der Waals surface area contributed by atoms with E-state index in [1.165, 1.54) is 0 Å². The van der Waals surface area contributed by atoms with Crippen LogP contribution in [0.2, 0.25) is 0 Å². The van der Waals surface area contributed by atoms with E-state index in [0.29, 0.717) is 19.4 Å². The smallest absolute Gasteiger partial charge is 0.211 e. The van der Waals surface area contributed by atoms with Gasteiger partial charge in [-0.25, -0.2) is 13.1 Å². The maximum Gasteiger partial charge on any atom is 0.211 e. The lowest BCUT2D eigenvalue weighted by Crippen LogP contribution is -2.31. The molecule has 0 amide bonds. The summed E-state index contributed by atoms with van der Waals surface area (Å²) >= 11 is 0. The van der Waals surface area contributed by atoms with Crippen LogP contribution in [0.25, 0.3) is 0 Å². The third kappa shape index (κ3) is 6.98. The zero-order valence-electron chi connectivity index (χ0n) is 8.41. The van der Waals surface area contributed by atoms with Crippen molar-refractivity contribution in [1.82, 2.24) is 4.72 Å². The molecule has 3 N–H and O–H groups in total. The Morgan fingerprint density at radius 3 is 2.46 bits per heavy atom. The predicted molar refractivity (Wildman–Crippen MR) is 55.0 cm³/mol. The maximum atomic E-state index is 11.1. The van der Waals surface area contributed by atoms with Gasteiger partial charge in [-0.2, -0.15) is 0 Å². The molecule has 0 aliphatic carbocycles. The molecule has 0 saturated carbocycles. The van der Waals surface area contributed by atoms with Crippen molar-refractivity contribution in [1.29, 1.82) is 0 Å². The molecular weight excluding hydrogens is 188 g/mol. The Balaban J connectivity index is 3.64. The lowest BCUT2D eigenvalue weighted by atomic mass is 10.2. The lowest BCUT2D eigenvalue weighted by molar-refractivity contribution is 0.557. The van der Waals surface area contributed by atoms with Crippen LogP contribution in [0.15, 0.2) is 0 Å². The van der Waals surface area contributed by atoms with Crippen molar-refractivity contribution in [2.45, 2.75) is 39.2 Å². The molecule has 0 aromatic carbocycles. The molecule has 0 bridgehead atoms. The molecule has 0 aliphatic heterocycles. The highest BCUT2D eigenvalue weighted by Gasteiger charge is 2.07. The van der Waals surface area contributed by atoms with E-state index in [0.717, 1.165) is 6.42 Å². The van der Waals surface area contributed by atoms with Gasteiger partial charge in [0.25, 0.3) is 0 Å². The fourth-order valence-electron chi connectivity index (χ4n) is 0.945. The molecule has 4 nitrogen and oxygen atoms in total. The van der Waals surface area contributed by atoms with Gasteiger partial charge in [0, 0.05) is 12.6 Å². The largest absolute Gasteiger partial charge is 0.328 e. The Bertz CT molecular complexity index is 214. The first kappa shape index (κ1) is 12.9. The van der Waals surface area contributed by atoms with Gasteiger partial charge in [0.1, 0.15) is 0 Å². The van der Waals surface area contributed by atoms with Crippen molar-refractivity contribution in [3.63, 3.8) is 0 Å². The fourth-order valence-corrected chi connectivity index (χ4v) is 2.06. The highest BCUT2D eigenvalue weighted by atomic mass is 32.2. The quantitative estimate of drug-likeness (QED) is 0.638. The van der Waals surface area contributed by atoms with E-state index in [-0.39, 0.29) is 11.8 Å². The van der Waals surface area contributed by atoms with E-state index in [4.69, 9.17) is 5.73 Å². The monoisotopic (exact) mass is 208 g/mol. The number of rotatable bonds is 7. The summed E-state index contributed by atoms with van der Waals surface area (Å²) in [6, 6.07) is 0.101. The summed E-state index contributed by atoms with van der Waals surface area (Å²) in [6.07, 6.45) is 2.24. The Kier molecular flexibility index (Phi) is 6.28. The molecule has 0 fully saturated rings. The van der Waals surface area contributed by atoms with Gasteiger partial charge in [-0.15, -0.1) is 0 Å². The van der Waals surface area contributed by atoms with E-state index in [1.807, 2.05) is 13.8 Å². The molecule has 0 rings (SSSR count). The van der Waals surface area contributed by atoms with Crippen LogP contribution in [0.5, 0.6) is 0 Å². The van der Waals surface area contributed by atoms with Crippen LogP contribution in [-0.4, -0.2) is 26.8 Å². The van der Waals surface area contributed by atoms with E-state index in [1.54, 1.807) is 0 Å². The van der Waals surface area contributed by atoms with Gasteiger partial charge in [0.05, 0.1) is 5.75 Å². The van der Waals surface area contributed by atoms with Gasteiger partial charge in [0.2, 0.25) is 10.0 Å². The number of hydrogen-bond acceptors (Lipinski definition) is 3. The molecule has 0 aromatic rings. The van der Waals surface area contributed by atoms with E-state index in [2.05, 4.69) is 4.72 Å². The Morgan fingerprint density at radius 1 is 1.38 bits per heavy atom.